The summed E-state index contributed by atoms with van der Waals surface area (Å²) < 4.78 is 4.16. The van der Waals surface area contributed by atoms with Crippen molar-refractivity contribution in [3.05, 3.63) is 11.6 Å². The smallest absolute Gasteiger partial charge is 0.272 e. The van der Waals surface area contributed by atoms with Crippen LogP contribution in [0.5, 0.6) is 0 Å². The molecule has 1 aliphatic rings. The number of hydrogen-bond donors (Lipinski definition) is 1. The second kappa shape index (κ2) is 6.60. The van der Waals surface area contributed by atoms with E-state index in [1.54, 1.807) is 0 Å². The Bertz CT molecular complexity index is 270. The highest BCUT2D eigenvalue weighted by molar-refractivity contribution is 5.76. The van der Waals surface area contributed by atoms with Crippen LogP contribution in [0.1, 0.15) is 46.0 Å². The lowest BCUT2D eigenvalue weighted by atomic mass is 9.96. The van der Waals surface area contributed by atoms with Gasteiger partial charge in [0.1, 0.15) is 0 Å². The molecule has 0 saturated heterocycles. The van der Waals surface area contributed by atoms with Crippen LogP contribution in [-0.2, 0) is 0 Å². The lowest BCUT2D eigenvalue weighted by molar-refractivity contribution is 0.647. The fourth-order valence-corrected chi connectivity index (χ4v) is 1.99. The largest absolute Gasteiger partial charge is 0.325 e. The third kappa shape index (κ3) is 4.96. The van der Waals surface area contributed by atoms with E-state index in [4.69, 9.17) is 5.73 Å². The van der Waals surface area contributed by atoms with Crippen molar-refractivity contribution in [1.29, 1.82) is 0 Å². The molecule has 0 amide bonds. The van der Waals surface area contributed by atoms with Crippen molar-refractivity contribution in [2.24, 2.45) is 11.7 Å². The van der Waals surface area contributed by atoms with Gasteiger partial charge in [-0.2, -0.15) is 0 Å². The molecule has 0 aromatic heterocycles. The minimum absolute atomic E-state index is 0.190. The van der Waals surface area contributed by atoms with Gasteiger partial charge in [-0.05, 0) is 26.2 Å². The quantitative estimate of drug-likeness (QED) is 0.525. The maximum Gasteiger partial charge on any atom is 0.272 e. The van der Waals surface area contributed by atoms with Crippen molar-refractivity contribution in [3.63, 3.8) is 0 Å². The molecule has 84 valence electrons. The van der Waals surface area contributed by atoms with Gasteiger partial charge in [0.15, 0.2) is 0 Å². The van der Waals surface area contributed by atoms with Crippen molar-refractivity contribution >= 4 is 12.4 Å². The molecule has 2 nitrogen and oxygen atoms in total. The van der Waals surface area contributed by atoms with Crippen molar-refractivity contribution in [2.45, 2.75) is 52.0 Å². The normalized spacial score (nSPS) is 22.3. The zero-order valence-corrected chi connectivity index (χ0v) is 9.95. The Balaban J connectivity index is 2.34. The molecule has 0 fully saturated rings. The van der Waals surface area contributed by atoms with Crippen LogP contribution < -0.4 is 10.4 Å². The minimum atomic E-state index is 0.190. The van der Waals surface area contributed by atoms with Gasteiger partial charge < -0.3 is 5.73 Å². The van der Waals surface area contributed by atoms with E-state index < -0.39 is 0 Å². The summed E-state index contributed by atoms with van der Waals surface area (Å²) in [5.74, 6) is 0.665. The first-order valence-corrected chi connectivity index (χ1v) is 6.02. The van der Waals surface area contributed by atoms with Crippen LogP contribution in [0.15, 0.2) is 11.6 Å². The Morgan fingerprint density at radius 3 is 2.93 bits per heavy atom. The van der Waals surface area contributed by atoms with E-state index in [0.29, 0.717) is 5.92 Å². The van der Waals surface area contributed by atoms with Crippen LogP contribution in [-0.4, -0.2) is 18.5 Å². The van der Waals surface area contributed by atoms with Gasteiger partial charge in [-0.1, -0.05) is 25.0 Å². The summed E-state index contributed by atoms with van der Waals surface area (Å²) in [6, 6.07) is 0.190. The molecule has 0 aromatic carbocycles. The van der Waals surface area contributed by atoms with Gasteiger partial charge in [0.2, 0.25) is 0 Å². The van der Waals surface area contributed by atoms with Crippen molar-refractivity contribution in [1.82, 2.24) is 4.67 Å². The highest BCUT2D eigenvalue weighted by Gasteiger charge is 2.16. The zero-order chi connectivity index (χ0) is 11.1. The minimum Gasteiger partial charge on any atom is -0.325 e. The molecule has 15 heavy (non-hydrogen) atoms. The topological polar surface area (TPSA) is 40.1 Å². The Kier molecular flexibility index (Phi) is 5.38. The summed E-state index contributed by atoms with van der Waals surface area (Å²) in [7, 11) is 0. The molecule has 2 atom stereocenters. The van der Waals surface area contributed by atoms with E-state index >= 15 is 0 Å². The van der Waals surface area contributed by atoms with Crippen LogP contribution in [0.25, 0.3) is 0 Å². The molecule has 0 spiro atoms. The van der Waals surface area contributed by atoms with E-state index in [2.05, 4.69) is 23.9 Å². The van der Waals surface area contributed by atoms with Crippen LogP contribution in [0.4, 0.5) is 0 Å². The highest BCUT2D eigenvalue weighted by atomic mass is 14.6. The molecule has 2 N–H and O–H groups in total. The number of nitrogens with zero attached hydrogens (tertiary/aromatic N) is 1. The first kappa shape index (κ1) is 12.2. The second-order valence-corrected chi connectivity index (χ2v) is 4.45. The number of hydrogen-bond acceptors (Lipinski definition) is 1. The van der Waals surface area contributed by atoms with Crippen LogP contribution in [0.2, 0.25) is 0 Å². The maximum atomic E-state index is 5.80. The third-order valence-corrected chi connectivity index (χ3v) is 2.72. The van der Waals surface area contributed by atoms with Crippen molar-refractivity contribution < 1.29 is 0 Å². The van der Waals surface area contributed by atoms with Crippen LogP contribution in [0.3, 0.4) is 0 Å². The van der Waals surface area contributed by atoms with E-state index in [1.165, 1.54) is 31.3 Å². The molecule has 2 unspecified atom stereocenters. The molecule has 0 aliphatic carbocycles. The zero-order valence-electron chi connectivity index (χ0n) is 9.95. The lowest BCUT2D eigenvalue weighted by Crippen LogP contribution is -2.12. The molecule has 1 heterocycles. The number of rotatable bonds is 6. The fraction of sp³-hybridized carbons (Fsp3) is 0.692. The third-order valence-electron chi connectivity index (χ3n) is 2.72. The van der Waals surface area contributed by atoms with Gasteiger partial charge in [-0.3, -0.25) is 0 Å². The van der Waals surface area contributed by atoms with Gasteiger partial charge in [0.25, 0.3) is 12.4 Å². The summed E-state index contributed by atoms with van der Waals surface area (Å²) in [6.07, 6.45) is 12.2. The summed E-state index contributed by atoms with van der Waals surface area (Å²) >= 11 is 0. The molecule has 0 aromatic rings. The molecule has 1 rings (SSSR count). The molecular weight excluding hydrogens is 184 g/mol. The van der Waals surface area contributed by atoms with E-state index in [-0.39, 0.29) is 6.04 Å². The first-order valence-electron chi connectivity index (χ1n) is 6.02. The number of allylic oxidation sites excluding steroid dienone is 1. The van der Waals surface area contributed by atoms with Gasteiger partial charge in [0, 0.05) is 6.04 Å². The molecule has 0 radical (unpaired) electrons. The molecule has 1 aliphatic heterocycles. The first-order chi connectivity index (χ1) is 7.22. The van der Waals surface area contributed by atoms with Gasteiger partial charge >= 0.3 is 0 Å². The van der Waals surface area contributed by atoms with Gasteiger partial charge in [-0.25, -0.2) is 0 Å². The van der Waals surface area contributed by atoms with E-state index in [1.807, 2.05) is 13.1 Å². The highest BCUT2D eigenvalue weighted by Crippen LogP contribution is 2.18. The van der Waals surface area contributed by atoms with Gasteiger partial charge in [0.05, 0.1) is 12.3 Å². The maximum absolute atomic E-state index is 5.80. The van der Waals surface area contributed by atoms with Gasteiger partial charge in [-0.15, -0.1) is 4.67 Å². The summed E-state index contributed by atoms with van der Waals surface area (Å²) in [5, 5.41) is 0. The SMILES string of the molecule is CCCC(=CC(C)N)CCC1C=[N+]=CC1. The standard InChI is InChI=1S/C13H23N2/c1-3-4-12(9-11(2)14)5-6-13-7-8-15-10-13/h8-11,13H,3-7,14H2,1-2H3/q+1. The summed E-state index contributed by atoms with van der Waals surface area (Å²) in [4.78, 5) is 0. The molecule has 0 saturated carbocycles. The lowest BCUT2D eigenvalue weighted by Gasteiger charge is -2.09. The predicted octanol–water partition coefficient (Wildman–Crippen LogP) is 2.07. The van der Waals surface area contributed by atoms with Crippen LogP contribution in [0, 0.1) is 5.92 Å². The second-order valence-electron chi connectivity index (χ2n) is 4.45. The summed E-state index contributed by atoms with van der Waals surface area (Å²) in [6.45, 7) is 4.26. The molecule has 0 bridgehead atoms. The monoisotopic (exact) mass is 207 g/mol. The average Bonchev–Trinajstić information content (AvgIpc) is 2.66. The molecular formula is C13H23N2+. The molecule has 2 heteroatoms. The Labute approximate surface area is 93.0 Å². The predicted molar refractivity (Wildman–Crippen MR) is 68.2 cm³/mol. The summed E-state index contributed by atoms with van der Waals surface area (Å²) in [5.41, 5.74) is 7.32. The van der Waals surface area contributed by atoms with Crippen molar-refractivity contribution in [3.8, 4) is 0 Å². The fourth-order valence-electron chi connectivity index (χ4n) is 1.99. The van der Waals surface area contributed by atoms with E-state index in [0.717, 1.165) is 6.42 Å². The Hall–Kier alpha value is -0.850. The Morgan fingerprint density at radius 1 is 1.60 bits per heavy atom. The Morgan fingerprint density at radius 2 is 2.40 bits per heavy atom. The van der Waals surface area contributed by atoms with Crippen LogP contribution >= 0.6 is 0 Å². The average molecular weight is 207 g/mol. The number of nitrogens with two attached hydrogens (primary N) is 1. The van der Waals surface area contributed by atoms with E-state index in [9.17, 15) is 0 Å². The van der Waals surface area contributed by atoms with Crippen molar-refractivity contribution in [2.75, 3.05) is 0 Å².